The van der Waals surface area contributed by atoms with Gasteiger partial charge in [0.15, 0.2) is 0 Å². The molecule has 4 rings (SSSR count). The first-order valence-electron chi connectivity index (χ1n) is 10.7. The van der Waals surface area contributed by atoms with Gasteiger partial charge >= 0.3 is 0 Å². The molecule has 0 spiro atoms. The van der Waals surface area contributed by atoms with Gasteiger partial charge in [-0.2, -0.15) is 0 Å². The molecule has 1 unspecified atom stereocenters. The Morgan fingerprint density at radius 2 is 1.94 bits per heavy atom. The highest BCUT2D eigenvalue weighted by molar-refractivity contribution is 7.18. The van der Waals surface area contributed by atoms with Gasteiger partial charge in [0.2, 0.25) is 5.88 Å². The number of H-pyrrole nitrogens is 1. The van der Waals surface area contributed by atoms with E-state index < -0.39 is 0 Å². The molecule has 1 aliphatic rings. The summed E-state index contributed by atoms with van der Waals surface area (Å²) in [6.45, 7) is 5.43. The van der Waals surface area contributed by atoms with Crippen LogP contribution in [0.15, 0.2) is 36.4 Å². The molecule has 1 atom stereocenters. The predicted octanol–water partition coefficient (Wildman–Crippen LogP) is 3.46. The summed E-state index contributed by atoms with van der Waals surface area (Å²) in [5.74, 6) is 2.04. The summed E-state index contributed by atoms with van der Waals surface area (Å²) >= 11 is 1.50. The lowest BCUT2D eigenvalue weighted by atomic mass is 10.2. The van der Waals surface area contributed by atoms with Crippen LogP contribution in [0.1, 0.15) is 22.2 Å². The van der Waals surface area contributed by atoms with Crippen LogP contribution in [0.4, 0.5) is 10.8 Å². The normalized spacial score (nSPS) is 16.5. The van der Waals surface area contributed by atoms with Gasteiger partial charge in [-0.15, -0.1) is 16.4 Å². The Labute approximate surface area is 197 Å². The Morgan fingerprint density at radius 3 is 2.64 bits per heavy atom. The number of piperazine rings is 1. The van der Waals surface area contributed by atoms with Gasteiger partial charge in [-0.3, -0.25) is 9.89 Å². The van der Waals surface area contributed by atoms with Crippen molar-refractivity contribution in [1.82, 2.24) is 15.1 Å². The van der Waals surface area contributed by atoms with Gasteiger partial charge in [-0.05, 0) is 43.8 Å². The van der Waals surface area contributed by atoms with Crippen LogP contribution >= 0.6 is 11.3 Å². The lowest BCUT2D eigenvalue weighted by Gasteiger charge is -2.38. The summed E-state index contributed by atoms with van der Waals surface area (Å²) in [6, 6.07) is 11.6. The SMILES string of the molecule is COc1cc(COc2cc(NC(=O)c3ccc(N4CCN(C)C(C)C4)s3)[nH]n2)cc(OC)c1. The van der Waals surface area contributed by atoms with Crippen LogP contribution in [0.5, 0.6) is 17.4 Å². The standard InChI is InChI=1S/C23H29N5O4S/c1-15-13-28(8-7-27(15)2)22-6-5-19(33-22)23(29)24-20-12-21(26-25-20)32-14-16-9-17(30-3)11-18(10-16)31-4/h5-6,9-12,15H,7-8,13-14H2,1-4H3,(H2,24,25,26,29). The molecule has 1 aliphatic heterocycles. The summed E-state index contributed by atoms with van der Waals surface area (Å²) in [5, 5.41) is 10.9. The fourth-order valence-corrected chi connectivity index (χ4v) is 4.54. The molecule has 3 aromatic rings. The van der Waals surface area contributed by atoms with E-state index in [1.165, 1.54) is 11.3 Å². The number of nitrogens with zero attached hydrogens (tertiary/aromatic N) is 3. The number of aromatic nitrogens is 2. The number of aromatic amines is 1. The monoisotopic (exact) mass is 471 g/mol. The lowest BCUT2D eigenvalue weighted by Crippen LogP contribution is -2.49. The molecule has 3 heterocycles. The number of anilines is 2. The van der Waals surface area contributed by atoms with Gasteiger partial charge in [-0.25, -0.2) is 0 Å². The number of methoxy groups -OCH3 is 2. The number of carbonyl (C=O) groups is 1. The lowest BCUT2D eigenvalue weighted by molar-refractivity contribution is 0.103. The van der Waals surface area contributed by atoms with E-state index in [0.29, 0.717) is 34.1 Å². The van der Waals surface area contributed by atoms with Crippen LogP contribution < -0.4 is 24.4 Å². The van der Waals surface area contributed by atoms with Crippen molar-refractivity contribution >= 4 is 28.1 Å². The number of ether oxygens (including phenoxy) is 3. The fraction of sp³-hybridized carbons (Fsp3) is 0.391. The second-order valence-electron chi connectivity index (χ2n) is 8.00. The number of hydrogen-bond acceptors (Lipinski definition) is 8. The van der Waals surface area contributed by atoms with Gasteiger partial charge in [0.25, 0.3) is 5.91 Å². The molecule has 1 saturated heterocycles. The molecule has 0 bridgehead atoms. The molecule has 33 heavy (non-hydrogen) atoms. The third-order valence-corrected chi connectivity index (χ3v) is 6.83. The first-order chi connectivity index (χ1) is 15.9. The average molecular weight is 472 g/mol. The maximum Gasteiger partial charge on any atom is 0.266 e. The van der Waals surface area contributed by atoms with Crippen molar-refractivity contribution in [1.29, 1.82) is 0 Å². The molecule has 1 amide bonds. The van der Waals surface area contributed by atoms with Crippen LogP contribution in [0.25, 0.3) is 0 Å². The van der Waals surface area contributed by atoms with Gasteiger partial charge in [0.05, 0.1) is 24.1 Å². The van der Waals surface area contributed by atoms with Crippen LogP contribution in [-0.4, -0.2) is 67.9 Å². The van der Waals surface area contributed by atoms with Crippen molar-refractivity contribution in [3.05, 3.63) is 46.8 Å². The zero-order valence-corrected chi connectivity index (χ0v) is 20.1. The molecule has 0 saturated carbocycles. The maximum atomic E-state index is 12.7. The summed E-state index contributed by atoms with van der Waals surface area (Å²) in [6.07, 6.45) is 0. The second-order valence-corrected chi connectivity index (χ2v) is 9.06. The molecule has 0 aliphatic carbocycles. The largest absolute Gasteiger partial charge is 0.497 e. The molecule has 2 aromatic heterocycles. The Hall–Kier alpha value is -3.24. The summed E-state index contributed by atoms with van der Waals surface area (Å²) in [7, 11) is 5.35. The van der Waals surface area contributed by atoms with Crippen molar-refractivity contribution in [2.24, 2.45) is 0 Å². The minimum atomic E-state index is -0.179. The van der Waals surface area contributed by atoms with Crippen LogP contribution in [0, 0.1) is 0 Å². The molecule has 2 N–H and O–H groups in total. The third-order valence-electron chi connectivity index (χ3n) is 5.69. The topological polar surface area (TPSA) is 92.0 Å². The van der Waals surface area contributed by atoms with Crippen molar-refractivity contribution < 1.29 is 19.0 Å². The van der Waals surface area contributed by atoms with Gasteiger partial charge in [0, 0.05) is 37.8 Å². The van der Waals surface area contributed by atoms with Gasteiger partial charge < -0.3 is 29.3 Å². The molecular weight excluding hydrogens is 442 g/mol. The quantitative estimate of drug-likeness (QED) is 0.520. The Bertz CT molecular complexity index is 1080. The number of thiophene rings is 1. The van der Waals surface area contributed by atoms with E-state index in [1.807, 2.05) is 24.3 Å². The Balaban J connectivity index is 1.33. The van der Waals surface area contributed by atoms with Crippen LogP contribution in [-0.2, 0) is 6.61 Å². The van der Waals surface area contributed by atoms with E-state index >= 15 is 0 Å². The first-order valence-corrected chi connectivity index (χ1v) is 11.5. The maximum absolute atomic E-state index is 12.7. The summed E-state index contributed by atoms with van der Waals surface area (Å²) in [5.41, 5.74) is 0.879. The first kappa shape index (κ1) is 22.9. The molecule has 10 heteroatoms. The predicted molar refractivity (Wildman–Crippen MR) is 129 cm³/mol. The van der Waals surface area contributed by atoms with E-state index in [2.05, 4.69) is 39.3 Å². The van der Waals surface area contributed by atoms with Gasteiger partial charge in [-0.1, -0.05) is 0 Å². The smallest absolute Gasteiger partial charge is 0.266 e. The molecule has 1 fully saturated rings. The minimum absolute atomic E-state index is 0.179. The summed E-state index contributed by atoms with van der Waals surface area (Å²) < 4.78 is 16.3. The number of rotatable bonds is 8. The van der Waals surface area contributed by atoms with Crippen LogP contribution in [0.2, 0.25) is 0 Å². The van der Waals surface area contributed by atoms with E-state index in [0.717, 1.165) is 30.2 Å². The number of amides is 1. The number of carbonyl (C=O) groups excluding carboxylic acids is 1. The summed E-state index contributed by atoms with van der Waals surface area (Å²) in [4.78, 5) is 18.0. The zero-order valence-electron chi connectivity index (χ0n) is 19.3. The number of likely N-dealkylation sites (N-methyl/N-ethyl adjacent to an activating group) is 1. The van der Waals surface area contributed by atoms with E-state index in [9.17, 15) is 4.79 Å². The Morgan fingerprint density at radius 1 is 1.18 bits per heavy atom. The van der Waals surface area contributed by atoms with E-state index in [-0.39, 0.29) is 12.5 Å². The molecule has 176 valence electrons. The van der Waals surface area contributed by atoms with Crippen molar-refractivity contribution in [3.8, 4) is 17.4 Å². The van der Waals surface area contributed by atoms with Gasteiger partial charge in [0.1, 0.15) is 23.9 Å². The van der Waals surface area contributed by atoms with E-state index in [4.69, 9.17) is 14.2 Å². The number of nitrogens with one attached hydrogen (secondary N) is 2. The highest BCUT2D eigenvalue weighted by Gasteiger charge is 2.22. The highest BCUT2D eigenvalue weighted by atomic mass is 32.1. The minimum Gasteiger partial charge on any atom is -0.497 e. The van der Waals surface area contributed by atoms with Crippen molar-refractivity contribution in [3.63, 3.8) is 0 Å². The molecule has 9 nitrogen and oxygen atoms in total. The third kappa shape index (κ3) is 5.58. The fourth-order valence-electron chi connectivity index (χ4n) is 3.60. The highest BCUT2D eigenvalue weighted by Crippen LogP contribution is 2.29. The zero-order chi connectivity index (χ0) is 23.4. The molecule has 0 radical (unpaired) electrons. The van der Waals surface area contributed by atoms with E-state index in [1.54, 1.807) is 26.4 Å². The number of hydrogen-bond donors (Lipinski definition) is 2. The average Bonchev–Trinajstić information content (AvgIpc) is 3.49. The van der Waals surface area contributed by atoms with Crippen LogP contribution in [0.3, 0.4) is 0 Å². The molecule has 1 aromatic carbocycles. The number of benzene rings is 1. The van der Waals surface area contributed by atoms with Crippen molar-refractivity contribution in [2.45, 2.75) is 19.6 Å². The Kier molecular flexibility index (Phi) is 7.05. The van der Waals surface area contributed by atoms with Crippen molar-refractivity contribution in [2.75, 3.05) is 51.1 Å². The molecular formula is C23H29N5O4S. The second kappa shape index (κ2) is 10.1.